The van der Waals surface area contributed by atoms with Gasteiger partial charge in [0.05, 0.1) is 6.54 Å². The van der Waals surface area contributed by atoms with Gasteiger partial charge in [-0.05, 0) is 17.7 Å². The number of carbonyl (C=O) groups is 1. The molecule has 0 aromatic carbocycles. The molecule has 0 atom stereocenters. The third-order valence-electron chi connectivity index (χ3n) is 1.59. The zero-order valence-corrected chi connectivity index (χ0v) is 7.29. The van der Waals surface area contributed by atoms with E-state index < -0.39 is 6.61 Å². The number of carbonyl (C=O) groups excluding carboxylic acids is 1. The largest absolute Gasteiger partial charge is 0.388 e. The Morgan fingerprint density at radius 2 is 2.43 bits per heavy atom. The van der Waals surface area contributed by atoms with Crippen LogP contribution in [0.25, 0.3) is 10.4 Å². The van der Waals surface area contributed by atoms with Gasteiger partial charge in [-0.15, -0.1) is 0 Å². The van der Waals surface area contributed by atoms with Crippen LogP contribution in [-0.2, 0) is 6.54 Å². The van der Waals surface area contributed by atoms with E-state index in [1.54, 1.807) is 6.07 Å². The molecule has 0 aliphatic carbocycles. The molecule has 1 N–H and O–H groups in total. The molecule has 1 aromatic rings. The molecular formula is C8H8N4O2. The average molecular weight is 192 g/mol. The van der Waals surface area contributed by atoms with Crippen LogP contribution in [0.4, 0.5) is 0 Å². The van der Waals surface area contributed by atoms with Crippen LogP contribution in [0.1, 0.15) is 16.1 Å². The zero-order chi connectivity index (χ0) is 10.4. The van der Waals surface area contributed by atoms with Gasteiger partial charge in [-0.2, -0.15) is 0 Å². The highest BCUT2D eigenvalue weighted by atomic mass is 16.3. The molecule has 1 heterocycles. The molecule has 0 spiro atoms. The number of aliphatic hydroxyl groups is 1. The van der Waals surface area contributed by atoms with E-state index in [0.717, 1.165) is 0 Å². The molecule has 0 radical (unpaired) electrons. The van der Waals surface area contributed by atoms with Gasteiger partial charge in [-0.25, -0.2) is 0 Å². The Morgan fingerprint density at radius 3 is 2.93 bits per heavy atom. The minimum Gasteiger partial charge on any atom is -0.388 e. The third-order valence-corrected chi connectivity index (χ3v) is 1.59. The number of hydrogen-bond donors (Lipinski definition) is 1. The number of azide groups is 1. The van der Waals surface area contributed by atoms with Crippen LogP contribution in [0, 0.1) is 0 Å². The van der Waals surface area contributed by atoms with Crippen LogP contribution in [0.5, 0.6) is 0 Å². The Morgan fingerprint density at radius 1 is 1.64 bits per heavy atom. The summed E-state index contributed by atoms with van der Waals surface area (Å²) in [6.45, 7) is -0.374. The second kappa shape index (κ2) is 4.96. The van der Waals surface area contributed by atoms with Crippen molar-refractivity contribution in [3.8, 4) is 0 Å². The number of ketones is 1. The van der Waals surface area contributed by atoms with Crippen LogP contribution < -0.4 is 0 Å². The van der Waals surface area contributed by atoms with Crippen molar-refractivity contribution < 1.29 is 9.90 Å². The molecule has 0 amide bonds. The number of rotatable bonds is 4. The Bertz CT molecular complexity index is 367. The Kier molecular flexibility index (Phi) is 3.60. The van der Waals surface area contributed by atoms with Crippen molar-refractivity contribution in [3.63, 3.8) is 0 Å². The van der Waals surface area contributed by atoms with Crippen LogP contribution in [0.15, 0.2) is 23.4 Å². The lowest BCUT2D eigenvalue weighted by Crippen LogP contribution is -2.05. The normalized spacial score (nSPS) is 9.21. The van der Waals surface area contributed by atoms with E-state index >= 15 is 0 Å². The Hall–Kier alpha value is -1.91. The highest BCUT2D eigenvalue weighted by Gasteiger charge is 2.03. The van der Waals surface area contributed by atoms with Gasteiger partial charge in [0, 0.05) is 22.4 Å². The van der Waals surface area contributed by atoms with Crippen LogP contribution in [0.3, 0.4) is 0 Å². The van der Waals surface area contributed by atoms with Gasteiger partial charge in [-0.1, -0.05) is 5.11 Å². The molecule has 6 heteroatoms. The number of nitrogens with zero attached hydrogens (tertiary/aromatic N) is 4. The minimum absolute atomic E-state index is 0.157. The first kappa shape index (κ1) is 10.2. The highest BCUT2D eigenvalue weighted by Crippen LogP contribution is 2.02. The fourth-order valence-corrected chi connectivity index (χ4v) is 0.878. The topological polar surface area (TPSA) is 99.0 Å². The maximum Gasteiger partial charge on any atom is 0.189 e. The van der Waals surface area contributed by atoms with E-state index in [0.29, 0.717) is 11.3 Å². The lowest BCUT2D eigenvalue weighted by Gasteiger charge is -1.97. The quantitative estimate of drug-likeness (QED) is 0.334. The second-order valence-electron chi connectivity index (χ2n) is 2.51. The van der Waals surface area contributed by atoms with E-state index in [2.05, 4.69) is 15.0 Å². The summed E-state index contributed by atoms with van der Waals surface area (Å²) in [6, 6.07) is 3.12. The molecule has 0 aliphatic rings. The first-order chi connectivity index (χ1) is 6.77. The van der Waals surface area contributed by atoms with Crippen molar-refractivity contribution in [2.24, 2.45) is 5.11 Å². The molecule has 0 saturated heterocycles. The van der Waals surface area contributed by atoms with Crippen molar-refractivity contribution in [3.05, 3.63) is 40.0 Å². The second-order valence-corrected chi connectivity index (χ2v) is 2.51. The smallest absolute Gasteiger partial charge is 0.189 e. The molecule has 14 heavy (non-hydrogen) atoms. The summed E-state index contributed by atoms with van der Waals surface area (Å²) in [7, 11) is 0. The number of aromatic nitrogens is 1. The van der Waals surface area contributed by atoms with E-state index in [-0.39, 0.29) is 12.3 Å². The van der Waals surface area contributed by atoms with Gasteiger partial charge in [0.25, 0.3) is 0 Å². The predicted molar refractivity (Wildman–Crippen MR) is 48.5 cm³/mol. The van der Waals surface area contributed by atoms with Crippen molar-refractivity contribution >= 4 is 5.78 Å². The van der Waals surface area contributed by atoms with Crippen molar-refractivity contribution in [2.75, 3.05) is 6.61 Å². The SMILES string of the molecule is [N-]=[N+]=NCc1ccc(C(=O)CO)cn1. The Labute approximate surface area is 79.8 Å². The maximum atomic E-state index is 11.0. The van der Waals surface area contributed by atoms with Crippen molar-refractivity contribution in [1.82, 2.24) is 4.98 Å². The molecule has 6 nitrogen and oxygen atoms in total. The van der Waals surface area contributed by atoms with Crippen LogP contribution >= 0.6 is 0 Å². The van der Waals surface area contributed by atoms with Crippen molar-refractivity contribution in [1.29, 1.82) is 0 Å². The summed E-state index contributed by atoms with van der Waals surface area (Å²) in [5.41, 5.74) is 8.98. The molecule has 0 unspecified atom stereocenters. The summed E-state index contributed by atoms with van der Waals surface area (Å²) in [6.07, 6.45) is 1.35. The third kappa shape index (κ3) is 2.55. The maximum absolute atomic E-state index is 11.0. The molecule has 0 bridgehead atoms. The first-order valence-corrected chi connectivity index (χ1v) is 3.87. The van der Waals surface area contributed by atoms with E-state index in [4.69, 9.17) is 10.6 Å². The summed E-state index contributed by atoms with van der Waals surface area (Å²) in [5.74, 6) is -0.382. The highest BCUT2D eigenvalue weighted by molar-refractivity contribution is 5.96. The van der Waals surface area contributed by atoms with Gasteiger partial charge in [0.15, 0.2) is 5.78 Å². The number of hydrogen-bond acceptors (Lipinski definition) is 4. The standard InChI is InChI=1S/C8H8N4O2/c9-12-11-4-7-2-1-6(3-10-7)8(14)5-13/h1-3,13H,4-5H2. The molecule has 1 aromatic heterocycles. The first-order valence-electron chi connectivity index (χ1n) is 3.87. The lowest BCUT2D eigenvalue weighted by molar-refractivity contribution is 0.0903. The van der Waals surface area contributed by atoms with E-state index in [1.165, 1.54) is 12.3 Å². The van der Waals surface area contributed by atoms with Gasteiger partial charge >= 0.3 is 0 Å². The Balaban J connectivity index is 2.78. The molecule has 0 aliphatic heterocycles. The summed E-state index contributed by atoms with van der Waals surface area (Å²) >= 11 is 0. The predicted octanol–water partition coefficient (Wildman–Crippen LogP) is 1.07. The number of aliphatic hydroxyl groups excluding tert-OH is 1. The van der Waals surface area contributed by atoms with Crippen LogP contribution in [0.2, 0.25) is 0 Å². The summed E-state index contributed by atoms with van der Waals surface area (Å²) in [4.78, 5) is 17.4. The fourth-order valence-electron chi connectivity index (χ4n) is 0.878. The molecular weight excluding hydrogens is 184 g/mol. The molecule has 0 saturated carbocycles. The number of Topliss-reactive ketones (excluding diaryl/α,β-unsaturated/α-hetero) is 1. The van der Waals surface area contributed by atoms with Crippen LogP contribution in [-0.4, -0.2) is 22.5 Å². The molecule has 0 fully saturated rings. The summed E-state index contributed by atoms with van der Waals surface area (Å²) < 4.78 is 0. The minimum atomic E-state index is -0.530. The van der Waals surface area contributed by atoms with Gasteiger partial charge in [0.2, 0.25) is 0 Å². The zero-order valence-electron chi connectivity index (χ0n) is 7.29. The van der Waals surface area contributed by atoms with E-state index in [1.807, 2.05) is 0 Å². The lowest BCUT2D eigenvalue weighted by atomic mass is 10.2. The van der Waals surface area contributed by atoms with Gasteiger partial charge < -0.3 is 5.11 Å². The van der Waals surface area contributed by atoms with Gasteiger partial charge in [0.1, 0.15) is 6.61 Å². The number of pyridine rings is 1. The van der Waals surface area contributed by atoms with Gasteiger partial charge in [-0.3, -0.25) is 9.78 Å². The van der Waals surface area contributed by atoms with E-state index in [9.17, 15) is 4.79 Å². The monoisotopic (exact) mass is 192 g/mol. The molecule has 72 valence electrons. The summed E-state index contributed by atoms with van der Waals surface area (Å²) in [5, 5.41) is 11.9. The van der Waals surface area contributed by atoms with Crippen molar-refractivity contribution in [2.45, 2.75) is 6.54 Å². The molecule has 1 rings (SSSR count). The fraction of sp³-hybridized carbons (Fsp3) is 0.250. The average Bonchev–Trinajstić information content (AvgIpc) is 2.26.